The van der Waals surface area contributed by atoms with Crippen LogP contribution in [0, 0.1) is 0 Å². The first-order valence-electron chi connectivity index (χ1n) is 9.37. The number of carbonyl (C=O) groups excluding carboxylic acids is 3. The molecule has 0 aromatic heterocycles. The third-order valence-corrected chi connectivity index (χ3v) is 4.54. The van der Waals surface area contributed by atoms with Crippen molar-refractivity contribution in [3.05, 3.63) is 107 Å². The van der Waals surface area contributed by atoms with Crippen molar-refractivity contribution in [1.82, 2.24) is 10.6 Å². The van der Waals surface area contributed by atoms with Crippen molar-refractivity contribution in [2.24, 2.45) is 0 Å². The van der Waals surface area contributed by atoms with Crippen LogP contribution in [0.25, 0.3) is 0 Å². The van der Waals surface area contributed by atoms with Gasteiger partial charge in [-0.1, -0.05) is 54.6 Å². The van der Waals surface area contributed by atoms with Gasteiger partial charge in [0.15, 0.2) is 5.78 Å². The van der Waals surface area contributed by atoms with Gasteiger partial charge in [-0.2, -0.15) is 0 Å². The molecule has 0 spiro atoms. The van der Waals surface area contributed by atoms with Crippen LogP contribution in [0.2, 0.25) is 0 Å². The van der Waals surface area contributed by atoms with Gasteiger partial charge in [0, 0.05) is 35.8 Å². The molecule has 0 aliphatic heterocycles. The summed E-state index contributed by atoms with van der Waals surface area (Å²) in [6.07, 6.45) is 0.734. The van der Waals surface area contributed by atoms with Crippen LogP contribution in [0.4, 0.5) is 0 Å². The number of rotatable bonds is 7. The molecule has 2 amide bonds. The SMILES string of the molecule is CNC(=O)c1cccc(C(=O)c2cccc(C(=O)NCCc3ccccc3)c2)c1. The standard InChI is InChI=1S/C24H22N2O3/c1-25-23(28)20-11-5-9-18(15-20)22(27)19-10-6-12-21(16-19)24(29)26-14-13-17-7-3-2-4-8-17/h2-12,15-16H,13-14H2,1H3,(H,25,28)(H,26,29). The topological polar surface area (TPSA) is 75.3 Å². The Morgan fingerprint density at radius 1 is 0.690 bits per heavy atom. The molecule has 0 atom stereocenters. The molecule has 0 aliphatic carbocycles. The summed E-state index contributed by atoms with van der Waals surface area (Å²) in [5.41, 5.74) is 2.77. The lowest BCUT2D eigenvalue weighted by Gasteiger charge is -2.08. The summed E-state index contributed by atoms with van der Waals surface area (Å²) < 4.78 is 0. The Morgan fingerprint density at radius 3 is 1.83 bits per heavy atom. The number of nitrogens with one attached hydrogen (secondary N) is 2. The zero-order valence-corrected chi connectivity index (χ0v) is 16.1. The Bertz CT molecular complexity index is 1030. The summed E-state index contributed by atoms with van der Waals surface area (Å²) in [7, 11) is 1.54. The smallest absolute Gasteiger partial charge is 0.251 e. The molecule has 5 nitrogen and oxygen atoms in total. The fourth-order valence-electron chi connectivity index (χ4n) is 2.98. The predicted molar refractivity (Wildman–Crippen MR) is 112 cm³/mol. The second-order valence-corrected chi connectivity index (χ2v) is 6.56. The van der Waals surface area contributed by atoms with Crippen molar-refractivity contribution in [1.29, 1.82) is 0 Å². The highest BCUT2D eigenvalue weighted by Gasteiger charge is 2.14. The maximum atomic E-state index is 12.8. The van der Waals surface area contributed by atoms with Crippen LogP contribution >= 0.6 is 0 Å². The van der Waals surface area contributed by atoms with E-state index in [1.807, 2.05) is 30.3 Å². The lowest BCUT2D eigenvalue weighted by atomic mass is 9.99. The molecule has 0 heterocycles. The Hall–Kier alpha value is -3.73. The third-order valence-electron chi connectivity index (χ3n) is 4.54. The van der Waals surface area contributed by atoms with Crippen molar-refractivity contribution >= 4 is 17.6 Å². The van der Waals surface area contributed by atoms with Gasteiger partial charge in [-0.25, -0.2) is 0 Å². The van der Waals surface area contributed by atoms with Crippen LogP contribution in [0.1, 0.15) is 42.2 Å². The fraction of sp³-hybridized carbons (Fsp3) is 0.125. The predicted octanol–water partition coefficient (Wildman–Crippen LogP) is 3.25. The lowest BCUT2D eigenvalue weighted by molar-refractivity contribution is 0.0949. The minimum absolute atomic E-state index is 0.227. The first-order chi connectivity index (χ1) is 14.1. The highest BCUT2D eigenvalue weighted by atomic mass is 16.2. The van der Waals surface area contributed by atoms with Gasteiger partial charge >= 0.3 is 0 Å². The maximum absolute atomic E-state index is 12.8. The van der Waals surface area contributed by atoms with E-state index in [1.165, 1.54) is 7.05 Å². The van der Waals surface area contributed by atoms with Gasteiger partial charge in [-0.3, -0.25) is 14.4 Å². The summed E-state index contributed by atoms with van der Waals surface area (Å²) in [6.45, 7) is 0.509. The zero-order valence-electron chi connectivity index (χ0n) is 16.1. The second kappa shape index (κ2) is 9.46. The van der Waals surface area contributed by atoms with Gasteiger partial charge in [0.2, 0.25) is 0 Å². The van der Waals surface area contributed by atoms with Gasteiger partial charge in [-0.15, -0.1) is 0 Å². The van der Waals surface area contributed by atoms with Crippen LogP contribution in [-0.4, -0.2) is 31.2 Å². The number of hydrogen-bond donors (Lipinski definition) is 2. The van der Waals surface area contributed by atoms with Crippen molar-refractivity contribution in [3.63, 3.8) is 0 Å². The normalized spacial score (nSPS) is 10.2. The fourth-order valence-corrected chi connectivity index (χ4v) is 2.98. The van der Waals surface area contributed by atoms with Gasteiger partial charge in [0.05, 0.1) is 0 Å². The molecule has 0 saturated heterocycles. The first-order valence-corrected chi connectivity index (χ1v) is 9.37. The third kappa shape index (κ3) is 5.17. The van der Waals surface area contributed by atoms with Crippen molar-refractivity contribution < 1.29 is 14.4 Å². The Balaban J connectivity index is 1.69. The van der Waals surface area contributed by atoms with E-state index in [0.717, 1.165) is 12.0 Å². The van der Waals surface area contributed by atoms with Crippen LogP contribution in [-0.2, 0) is 6.42 Å². The maximum Gasteiger partial charge on any atom is 0.251 e. The average molecular weight is 386 g/mol. The molecule has 29 heavy (non-hydrogen) atoms. The van der Waals surface area contributed by atoms with E-state index in [4.69, 9.17) is 0 Å². The van der Waals surface area contributed by atoms with Crippen LogP contribution in [0.5, 0.6) is 0 Å². The minimum atomic E-state index is -0.258. The molecule has 0 saturated carbocycles. The molecular formula is C24H22N2O3. The second-order valence-electron chi connectivity index (χ2n) is 6.56. The van der Waals surface area contributed by atoms with Gasteiger partial charge in [0.25, 0.3) is 11.8 Å². The molecule has 5 heteroatoms. The van der Waals surface area contributed by atoms with Crippen LogP contribution in [0.3, 0.4) is 0 Å². The highest BCUT2D eigenvalue weighted by Crippen LogP contribution is 2.14. The first kappa shape index (κ1) is 20.0. The number of amides is 2. The highest BCUT2D eigenvalue weighted by molar-refractivity contribution is 6.11. The van der Waals surface area contributed by atoms with Crippen molar-refractivity contribution in [3.8, 4) is 0 Å². The van der Waals surface area contributed by atoms with Gasteiger partial charge < -0.3 is 10.6 Å². The van der Waals surface area contributed by atoms with E-state index in [1.54, 1.807) is 48.5 Å². The van der Waals surface area contributed by atoms with Crippen molar-refractivity contribution in [2.75, 3.05) is 13.6 Å². The van der Waals surface area contributed by atoms with E-state index < -0.39 is 0 Å². The molecule has 3 aromatic rings. The Morgan fingerprint density at radius 2 is 1.24 bits per heavy atom. The van der Waals surface area contributed by atoms with Crippen molar-refractivity contribution in [2.45, 2.75) is 6.42 Å². The summed E-state index contributed by atoms with van der Waals surface area (Å²) >= 11 is 0. The quantitative estimate of drug-likeness (QED) is 0.612. The molecule has 0 radical (unpaired) electrons. The van der Waals surface area contributed by atoms with E-state index in [2.05, 4.69) is 10.6 Å². The van der Waals surface area contributed by atoms with E-state index >= 15 is 0 Å². The summed E-state index contributed by atoms with van der Waals surface area (Å²) in [5, 5.41) is 5.42. The monoisotopic (exact) mass is 386 g/mol. The van der Waals surface area contributed by atoms with Crippen LogP contribution in [0.15, 0.2) is 78.9 Å². The molecule has 0 bridgehead atoms. The number of carbonyl (C=O) groups is 3. The summed E-state index contributed by atoms with van der Waals surface area (Å²) in [4.78, 5) is 37.1. The molecule has 146 valence electrons. The largest absolute Gasteiger partial charge is 0.355 e. The number of hydrogen-bond acceptors (Lipinski definition) is 3. The summed E-state index contributed by atoms with van der Waals surface area (Å²) in [5.74, 6) is -0.726. The molecule has 2 N–H and O–H groups in total. The molecule has 0 unspecified atom stereocenters. The Labute approximate surface area is 169 Å². The molecule has 0 aliphatic rings. The average Bonchev–Trinajstić information content (AvgIpc) is 2.78. The van der Waals surface area contributed by atoms with Gasteiger partial charge in [-0.05, 0) is 36.2 Å². The molecule has 0 fully saturated rings. The minimum Gasteiger partial charge on any atom is -0.355 e. The van der Waals surface area contributed by atoms with E-state index in [9.17, 15) is 14.4 Å². The molecular weight excluding hydrogens is 364 g/mol. The van der Waals surface area contributed by atoms with E-state index in [-0.39, 0.29) is 17.6 Å². The zero-order chi connectivity index (χ0) is 20.6. The van der Waals surface area contributed by atoms with Gasteiger partial charge in [0.1, 0.15) is 0 Å². The number of ketones is 1. The number of benzene rings is 3. The Kier molecular flexibility index (Phi) is 6.53. The van der Waals surface area contributed by atoms with Crippen LogP contribution < -0.4 is 10.6 Å². The molecule has 3 aromatic carbocycles. The summed E-state index contributed by atoms with van der Waals surface area (Å²) in [6, 6.07) is 23.0. The molecule has 3 rings (SSSR count). The lowest BCUT2D eigenvalue weighted by Crippen LogP contribution is -2.25. The van der Waals surface area contributed by atoms with E-state index in [0.29, 0.717) is 28.8 Å².